The molecular weight excluding hydrogens is 482 g/mol. The summed E-state index contributed by atoms with van der Waals surface area (Å²) in [5, 5.41) is 10.9. The molecule has 3 heterocycles. The van der Waals surface area contributed by atoms with Crippen molar-refractivity contribution >= 4 is 27.6 Å². The Bertz CT molecular complexity index is 2110. The van der Waals surface area contributed by atoms with E-state index in [0.717, 1.165) is 5.56 Å². The number of imidazole rings is 1. The normalized spacial score (nSPS) is 12.1. The van der Waals surface area contributed by atoms with Crippen molar-refractivity contribution in [1.82, 2.24) is 23.5 Å². The molecule has 3 aromatic carbocycles. The summed E-state index contributed by atoms with van der Waals surface area (Å²) in [5.74, 6) is 0. The van der Waals surface area contributed by atoms with Crippen molar-refractivity contribution in [3.8, 4) is 16.9 Å². The number of nitrogens with zero attached hydrogens (tertiary/aromatic N) is 4. The first-order valence-corrected chi connectivity index (χ1v) is 12.2. The van der Waals surface area contributed by atoms with Crippen LogP contribution in [0.5, 0.6) is 0 Å². The van der Waals surface area contributed by atoms with Gasteiger partial charge in [0, 0.05) is 12.6 Å². The van der Waals surface area contributed by atoms with E-state index in [1.54, 1.807) is 74.0 Å². The Balaban J connectivity index is 1.65. The molecule has 0 aliphatic rings. The molecule has 6 rings (SSSR count). The minimum absolute atomic E-state index is 0.215. The molecule has 2 N–H and O–H groups in total. The topological polar surface area (TPSA) is 114 Å². The van der Waals surface area contributed by atoms with Crippen LogP contribution in [0.25, 0.3) is 44.5 Å². The van der Waals surface area contributed by atoms with E-state index in [0.29, 0.717) is 44.4 Å². The van der Waals surface area contributed by atoms with Gasteiger partial charge < -0.3 is 10.1 Å². The van der Waals surface area contributed by atoms with E-state index >= 15 is 0 Å². The number of aromatic amines is 1. The van der Waals surface area contributed by atoms with Crippen LogP contribution in [0.3, 0.4) is 0 Å². The molecule has 3 aromatic heterocycles. The van der Waals surface area contributed by atoms with Gasteiger partial charge in [0.1, 0.15) is 0 Å². The number of aliphatic hydroxyl groups is 1. The molecule has 9 heteroatoms. The second kappa shape index (κ2) is 8.12. The van der Waals surface area contributed by atoms with Gasteiger partial charge in [-0.15, -0.1) is 0 Å². The second-order valence-corrected chi connectivity index (χ2v) is 10.00. The highest BCUT2D eigenvalue weighted by Gasteiger charge is 2.21. The second-order valence-electron chi connectivity index (χ2n) is 10.00. The Hall–Kier alpha value is -4.76. The molecule has 0 aliphatic carbocycles. The molecule has 38 heavy (non-hydrogen) atoms. The zero-order chi connectivity index (χ0) is 26.9. The van der Waals surface area contributed by atoms with E-state index in [-0.39, 0.29) is 11.2 Å². The van der Waals surface area contributed by atoms with Gasteiger partial charge in [-0.1, -0.05) is 30.3 Å². The van der Waals surface area contributed by atoms with Crippen molar-refractivity contribution in [2.45, 2.75) is 26.4 Å². The molecule has 0 radical (unpaired) electrons. The number of nitrogens with one attached hydrogen (secondary N) is 1. The number of aryl methyl sites for hydroxylation is 1. The molecule has 0 fully saturated rings. The van der Waals surface area contributed by atoms with Gasteiger partial charge in [-0.05, 0) is 62.2 Å². The maximum absolute atomic E-state index is 13.5. The summed E-state index contributed by atoms with van der Waals surface area (Å²) < 4.78 is 4.41. The van der Waals surface area contributed by atoms with Gasteiger partial charge in [-0.3, -0.25) is 18.6 Å². The Morgan fingerprint density at radius 1 is 0.947 bits per heavy atom. The van der Waals surface area contributed by atoms with E-state index in [4.69, 9.17) is 0 Å². The molecule has 0 unspecified atom stereocenters. The summed E-state index contributed by atoms with van der Waals surface area (Å²) in [6, 6.07) is 17.8. The average Bonchev–Trinajstić information content (AvgIpc) is 3.33. The Morgan fingerprint density at radius 2 is 1.71 bits per heavy atom. The van der Waals surface area contributed by atoms with Gasteiger partial charge in [0.05, 0.1) is 45.1 Å². The van der Waals surface area contributed by atoms with Crippen LogP contribution >= 0.6 is 0 Å². The monoisotopic (exact) mass is 507 g/mol. The molecule has 0 saturated carbocycles. The van der Waals surface area contributed by atoms with Crippen LogP contribution in [0.1, 0.15) is 25.0 Å². The molecule has 9 nitrogen and oxygen atoms in total. The maximum atomic E-state index is 13.5. The molecule has 0 atom stereocenters. The minimum Gasteiger partial charge on any atom is -0.386 e. The number of aromatic nitrogens is 5. The van der Waals surface area contributed by atoms with Crippen LogP contribution in [0.15, 0.2) is 81.2 Å². The third kappa shape index (κ3) is 3.36. The lowest BCUT2D eigenvalue weighted by Crippen LogP contribution is -2.38. The first kappa shape index (κ1) is 23.6. The smallest absolute Gasteiger partial charge is 0.335 e. The van der Waals surface area contributed by atoms with Crippen LogP contribution in [-0.2, 0) is 12.6 Å². The molecule has 0 amide bonds. The van der Waals surface area contributed by atoms with Gasteiger partial charge in [0.25, 0.3) is 11.1 Å². The standard InChI is InChI=1S/C29H25N5O4/c1-16-18(9-7-11-21(16)34-27(36)19-8-5-6-10-22(19)32(4)28(34)37)24-15-30-25-26(35)31-20-14-17(29(2,3)38)12-13-23(20)33(24)25/h5-15,38H,1-4H3,(H,31,35). The van der Waals surface area contributed by atoms with Crippen LogP contribution in [0.2, 0.25) is 0 Å². The van der Waals surface area contributed by atoms with Crippen molar-refractivity contribution in [3.05, 3.63) is 109 Å². The first-order valence-electron chi connectivity index (χ1n) is 12.2. The van der Waals surface area contributed by atoms with Crippen molar-refractivity contribution in [2.75, 3.05) is 0 Å². The Morgan fingerprint density at radius 3 is 2.47 bits per heavy atom. The fourth-order valence-corrected chi connectivity index (χ4v) is 5.10. The molecule has 190 valence electrons. The van der Waals surface area contributed by atoms with E-state index < -0.39 is 16.9 Å². The van der Waals surface area contributed by atoms with Crippen molar-refractivity contribution in [1.29, 1.82) is 0 Å². The number of hydrogen-bond acceptors (Lipinski definition) is 5. The van der Waals surface area contributed by atoms with Gasteiger partial charge in [0.2, 0.25) is 5.65 Å². The average molecular weight is 508 g/mol. The number of rotatable bonds is 3. The van der Waals surface area contributed by atoms with E-state index in [2.05, 4.69) is 9.97 Å². The summed E-state index contributed by atoms with van der Waals surface area (Å²) in [7, 11) is 1.64. The van der Waals surface area contributed by atoms with Crippen molar-refractivity contribution in [2.24, 2.45) is 7.05 Å². The fraction of sp³-hybridized carbons (Fsp3) is 0.172. The third-order valence-corrected chi connectivity index (χ3v) is 7.16. The summed E-state index contributed by atoms with van der Waals surface area (Å²) in [6.07, 6.45) is 1.61. The van der Waals surface area contributed by atoms with Gasteiger partial charge >= 0.3 is 5.69 Å². The van der Waals surface area contributed by atoms with Gasteiger partial charge in [-0.2, -0.15) is 0 Å². The highest BCUT2D eigenvalue weighted by molar-refractivity contribution is 5.83. The number of hydrogen-bond donors (Lipinski definition) is 2. The quantitative estimate of drug-likeness (QED) is 0.381. The highest BCUT2D eigenvalue weighted by atomic mass is 16.3. The lowest BCUT2D eigenvalue weighted by molar-refractivity contribution is 0.0787. The van der Waals surface area contributed by atoms with Crippen molar-refractivity contribution < 1.29 is 5.11 Å². The molecule has 0 aliphatic heterocycles. The largest absolute Gasteiger partial charge is 0.386 e. The number of para-hydroxylation sites is 1. The predicted molar refractivity (Wildman–Crippen MR) is 147 cm³/mol. The molecule has 0 saturated heterocycles. The van der Waals surface area contributed by atoms with Crippen LogP contribution < -0.4 is 16.8 Å². The lowest BCUT2D eigenvalue weighted by Gasteiger charge is -2.18. The lowest BCUT2D eigenvalue weighted by atomic mass is 9.98. The zero-order valence-corrected chi connectivity index (χ0v) is 21.3. The fourth-order valence-electron chi connectivity index (χ4n) is 5.10. The molecular formula is C29H25N5O4. The van der Waals surface area contributed by atoms with Crippen LogP contribution in [-0.4, -0.2) is 28.6 Å². The number of fused-ring (bicyclic) bond motifs is 4. The summed E-state index contributed by atoms with van der Waals surface area (Å²) in [6.45, 7) is 5.20. The SMILES string of the molecule is Cc1c(-c2cnc3c(=O)[nH]c4cc(C(C)(C)O)ccc4n23)cccc1-n1c(=O)c2ccccc2n(C)c1=O. The Kier molecular flexibility index (Phi) is 5.05. The van der Waals surface area contributed by atoms with E-state index in [9.17, 15) is 19.5 Å². The van der Waals surface area contributed by atoms with Gasteiger partial charge in [0.15, 0.2) is 0 Å². The number of H-pyrrole nitrogens is 1. The minimum atomic E-state index is -1.08. The summed E-state index contributed by atoms with van der Waals surface area (Å²) in [4.78, 5) is 47.0. The number of benzene rings is 3. The highest BCUT2D eigenvalue weighted by Crippen LogP contribution is 2.30. The van der Waals surface area contributed by atoms with Gasteiger partial charge in [-0.25, -0.2) is 14.3 Å². The first-order chi connectivity index (χ1) is 18.1. The summed E-state index contributed by atoms with van der Waals surface area (Å²) in [5.41, 5.74) is 2.87. The Labute approximate surface area is 215 Å². The van der Waals surface area contributed by atoms with E-state index in [1.165, 1.54) is 9.13 Å². The molecule has 0 spiro atoms. The molecule has 6 aromatic rings. The zero-order valence-electron chi connectivity index (χ0n) is 21.3. The third-order valence-electron chi connectivity index (χ3n) is 7.16. The van der Waals surface area contributed by atoms with Crippen LogP contribution in [0, 0.1) is 6.92 Å². The van der Waals surface area contributed by atoms with Crippen LogP contribution in [0.4, 0.5) is 0 Å². The van der Waals surface area contributed by atoms with E-state index in [1.807, 2.05) is 25.1 Å². The molecule has 0 bridgehead atoms. The van der Waals surface area contributed by atoms with Crippen molar-refractivity contribution in [3.63, 3.8) is 0 Å². The maximum Gasteiger partial charge on any atom is 0.335 e. The predicted octanol–water partition coefficient (Wildman–Crippen LogP) is 3.38. The summed E-state index contributed by atoms with van der Waals surface area (Å²) >= 11 is 0.